The number of hydrogen-bond acceptors (Lipinski definition) is 5. The average molecular weight is 345 g/mol. The van der Waals surface area contributed by atoms with E-state index in [1.165, 1.54) is 45.0 Å². The van der Waals surface area contributed by atoms with Gasteiger partial charge in [0, 0.05) is 26.2 Å². The van der Waals surface area contributed by atoms with E-state index in [4.69, 9.17) is 9.47 Å². The Kier molecular flexibility index (Phi) is 5.43. The highest BCUT2D eigenvalue weighted by molar-refractivity contribution is 6.01. The summed E-state index contributed by atoms with van der Waals surface area (Å²) in [4.78, 5) is 35.5. The van der Waals surface area contributed by atoms with Crippen molar-refractivity contribution in [1.82, 2.24) is 9.13 Å². The van der Waals surface area contributed by atoms with Crippen LogP contribution in [-0.2, 0) is 18.9 Å². The molecule has 0 aliphatic heterocycles. The monoisotopic (exact) mass is 345 g/mol. The summed E-state index contributed by atoms with van der Waals surface area (Å²) in [6, 6.07) is 6.39. The van der Waals surface area contributed by atoms with Gasteiger partial charge >= 0.3 is 5.69 Å². The number of carbonyl (C=O) groups excluding carboxylic acids is 1. The van der Waals surface area contributed by atoms with E-state index in [0.717, 1.165) is 10.1 Å². The minimum absolute atomic E-state index is 0.120. The van der Waals surface area contributed by atoms with Crippen LogP contribution in [0.5, 0.6) is 11.5 Å². The van der Waals surface area contributed by atoms with E-state index in [9.17, 15) is 14.4 Å². The summed E-state index contributed by atoms with van der Waals surface area (Å²) in [5, 5.41) is 2.51. The molecule has 8 heteroatoms. The normalized spacial score (nSPS) is 10.7. The summed E-state index contributed by atoms with van der Waals surface area (Å²) >= 11 is 0. The quantitative estimate of drug-likeness (QED) is 0.808. The topological polar surface area (TPSA) is 91.6 Å². The van der Waals surface area contributed by atoms with E-state index in [1.54, 1.807) is 24.3 Å². The Morgan fingerprint density at radius 3 is 2.36 bits per heavy atom. The summed E-state index contributed by atoms with van der Waals surface area (Å²) in [5.74, 6) is 0.770. The molecule has 0 atom stereocenters. The zero-order valence-corrected chi connectivity index (χ0v) is 14.4. The third-order valence-corrected chi connectivity index (χ3v) is 3.61. The molecule has 0 aliphatic carbocycles. The number of nitrogens with one attached hydrogen (secondary N) is 1. The van der Waals surface area contributed by atoms with Crippen LogP contribution in [0.3, 0.4) is 0 Å². The molecule has 132 valence electrons. The molecular formula is C17H19N3O5. The van der Waals surface area contributed by atoms with Crippen LogP contribution in [0, 0.1) is 0 Å². The molecule has 1 N–H and O–H groups in total. The second-order valence-corrected chi connectivity index (χ2v) is 5.21. The highest BCUT2D eigenvalue weighted by Crippen LogP contribution is 2.27. The number of nitrogens with zero attached hydrogens (tertiary/aromatic N) is 2. The van der Waals surface area contributed by atoms with Crippen LogP contribution in [0.4, 0.5) is 5.82 Å². The molecule has 0 spiro atoms. The fourth-order valence-electron chi connectivity index (χ4n) is 2.15. The summed E-state index contributed by atoms with van der Waals surface area (Å²) in [5.41, 5.74) is -0.292. The Morgan fingerprint density at radius 1 is 1.04 bits per heavy atom. The largest absolute Gasteiger partial charge is 0.493 e. The van der Waals surface area contributed by atoms with Crippen molar-refractivity contribution in [2.75, 3.05) is 19.5 Å². The highest BCUT2D eigenvalue weighted by atomic mass is 16.5. The first-order chi connectivity index (χ1) is 11.9. The van der Waals surface area contributed by atoms with E-state index in [2.05, 4.69) is 5.32 Å². The number of rotatable bonds is 5. The Bertz CT molecular complexity index is 940. The van der Waals surface area contributed by atoms with E-state index < -0.39 is 17.2 Å². The molecule has 0 radical (unpaired) electrons. The van der Waals surface area contributed by atoms with E-state index >= 15 is 0 Å². The molecule has 0 saturated carbocycles. The maximum absolute atomic E-state index is 12.0. The fourth-order valence-corrected chi connectivity index (χ4v) is 2.15. The van der Waals surface area contributed by atoms with Crippen LogP contribution in [-0.4, -0.2) is 29.3 Å². The Labute approximate surface area is 143 Å². The molecule has 1 aromatic heterocycles. The molecule has 2 rings (SSSR count). The molecule has 1 heterocycles. The fraction of sp³-hybridized carbons (Fsp3) is 0.235. The van der Waals surface area contributed by atoms with E-state index in [1.807, 2.05) is 0 Å². The molecule has 1 amide bonds. The van der Waals surface area contributed by atoms with Crippen molar-refractivity contribution in [1.29, 1.82) is 0 Å². The first kappa shape index (κ1) is 18.1. The molecule has 0 saturated heterocycles. The van der Waals surface area contributed by atoms with Gasteiger partial charge in [0.2, 0.25) is 5.91 Å². The van der Waals surface area contributed by atoms with Crippen molar-refractivity contribution >= 4 is 17.8 Å². The molecular weight excluding hydrogens is 326 g/mol. The van der Waals surface area contributed by atoms with Crippen molar-refractivity contribution in [2.45, 2.75) is 0 Å². The summed E-state index contributed by atoms with van der Waals surface area (Å²) in [6.07, 6.45) is 2.87. The molecule has 0 unspecified atom stereocenters. The van der Waals surface area contributed by atoms with Crippen LogP contribution in [0.15, 0.2) is 39.9 Å². The van der Waals surface area contributed by atoms with Gasteiger partial charge in [0.1, 0.15) is 5.82 Å². The summed E-state index contributed by atoms with van der Waals surface area (Å²) < 4.78 is 12.5. The zero-order chi connectivity index (χ0) is 18.6. The number of ether oxygens (including phenoxy) is 2. The highest BCUT2D eigenvalue weighted by Gasteiger charge is 2.08. The molecule has 2 aromatic rings. The number of carbonyl (C=O) groups is 1. The number of benzene rings is 1. The van der Waals surface area contributed by atoms with Gasteiger partial charge in [-0.1, -0.05) is 6.07 Å². The number of amides is 1. The van der Waals surface area contributed by atoms with Crippen molar-refractivity contribution in [3.63, 3.8) is 0 Å². The van der Waals surface area contributed by atoms with Gasteiger partial charge in [-0.3, -0.25) is 18.7 Å². The van der Waals surface area contributed by atoms with Crippen molar-refractivity contribution in [3.05, 3.63) is 56.7 Å². The standard InChI is InChI=1S/C17H19N3O5/c1-19-14(10-16(22)20(2)17(19)23)18-15(21)8-6-11-5-7-12(24-3)13(9-11)25-4/h5-10H,1-4H3,(H,18,21)/b8-6+. The van der Waals surface area contributed by atoms with Crippen LogP contribution < -0.4 is 26.0 Å². The lowest BCUT2D eigenvalue weighted by Crippen LogP contribution is -2.37. The lowest BCUT2D eigenvalue weighted by atomic mass is 10.2. The number of methoxy groups -OCH3 is 2. The van der Waals surface area contributed by atoms with E-state index in [0.29, 0.717) is 11.5 Å². The lowest BCUT2D eigenvalue weighted by Gasteiger charge is -2.09. The van der Waals surface area contributed by atoms with Gasteiger partial charge in [-0.25, -0.2) is 4.79 Å². The Balaban J connectivity index is 2.20. The lowest BCUT2D eigenvalue weighted by molar-refractivity contribution is -0.111. The maximum atomic E-state index is 12.0. The van der Waals surface area contributed by atoms with Gasteiger partial charge in [0.25, 0.3) is 5.56 Å². The predicted octanol–water partition coefficient (Wildman–Crippen LogP) is 0.753. The maximum Gasteiger partial charge on any atom is 0.332 e. The van der Waals surface area contributed by atoms with Crippen LogP contribution in [0.1, 0.15) is 5.56 Å². The van der Waals surface area contributed by atoms with Gasteiger partial charge < -0.3 is 14.8 Å². The zero-order valence-electron chi connectivity index (χ0n) is 14.4. The molecule has 0 fully saturated rings. The summed E-state index contributed by atoms with van der Waals surface area (Å²) in [6.45, 7) is 0. The van der Waals surface area contributed by atoms with Crippen LogP contribution >= 0.6 is 0 Å². The first-order valence-electron chi connectivity index (χ1n) is 7.35. The van der Waals surface area contributed by atoms with Crippen LogP contribution in [0.25, 0.3) is 6.08 Å². The molecule has 0 bridgehead atoms. The number of anilines is 1. The summed E-state index contributed by atoms with van der Waals surface area (Å²) in [7, 11) is 5.90. The Hall–Kier alpha value is -3.29. The molecule has 25 heavy (non-hydrogen) atoms. The minimum Gasteiger partial charge on any atom is -0.493 e. The van der Waals surface area contributed by atoms with Crippen molar-refractivity contribution in [2.24, 2.45) is 14.1 Å². The second-order valence-electron chi connectivity index (χ2n) is 5.21. The predicted molar refractivity (Wildman–Crippen MR) is 94.1 cm³/mol. The number of aromatic nitrogens is 2. The third kappa shape index (κ3) is 3.97. The van der Waals surface area contributed by atoms with Gasteiger partial charge in [-0.2, -0.15) is 0 Å². The molecule has 8 nitrogen and oxygen atoms in total. The SMILES string of the molecule is COc1ccc(/C=C/C(=O)Nc2cc(=O)n(C)c(=O)n2C)cc1OC. The molecule has 1 aromatic carbocycles. The third-order valence-electron chi connectivity index (χ3n) is 3.61. The first-order valence-corrected chi connectivity index (χ1v) is 7.35. The van der Waals surface area contributed by atoms with Gasteiger partial charge in [-0.05, 0) is 23.8 Å². The smallest absolute Gasteiger partial charge is 0.332 e. The molecule has 0 aliphatic rings. The van der Waals surface area contributed by atoms with Crippen molar-refractivity contribution < 1.29 is 14.3 Å². The Morgan fingerprint density at radius 2 is 1.72 bits per heavy atom. The van der Waals surface area contributed by atoms with Crippen molar-refractivity contribution in [3.8, 4) is 11.5 Å². The van der Waals surface area contributed by atoms with Gasteiger partial charge in [0.15, 0.2) is 11.5 Å². The second kappa shape index (κ2) is 7.52. The van der Waals surface area contributed by atoms with Gasteiger partial charge in [-0.15, -0.1) is 0 Å². The minimum atomic E-state index is -0.522. The van der Waals surface area contributed by atoms with E-state index in [-0.39, 0.29) is 5.82 Å². The van der Waals surface area contributed by atoms with Gasteiger partial charge in [0.05, 0.1) is 14.2 Å². The van der Waals surface area contributed by atoms with Crippen LogP contribution in [0.2, 0.25) is 0 Å². The number of hydrogen-bond donors (Lipinski definition) is 1. The average Bonchev–Trinajstić information content (AvgIpc) is 2.62.